The van der Waals surface area contributed by atoms with Crippen LogP contribution in [0, 0.1) is 11.8 Å². The molecule has 0 radical (unpaired) electrons. The summed E-state index contributed by atoms with van der Waals surface area (Å²) in [6, 6.07) is 0. The van der Waals surface area contributed by atoms with Gasteiger partial charge in [-0.2, -0.15) is 0 Å². The Hall–Kier alpha value is -0.420. The molecular formula is C11H20O4S. The van der Waals surface area contributed by atoms with Crippen molar-refractivity contribution in [2.24, 2.45) is 11.8 Å². The van der Waals surface area contributed by atoms with E-state index in [9.17, 15) is 13.2 Å². The van der Waals surface area contributed by atoms with Crippen LogP contribution in [0.4, 0.5) is 0 Å². The average molecular weight is 248 g/mol. The lowest BCUT2D eigenvalue weighted by molar-refractivity contribution is -0.124. The van der Waals surface area contributed by atoms with Gasteiger partial charge in [-0.1, -0.05) is 6.92 Å². The molecule has 0 aromatic rings. The van der Waals surface area contributed by atoms with Gasteiger partial charge in [0.25, 0.3) is 0 Å². The van der Waals surface area contributed by atoms with Gasteiger partial charge in [-0.15, -0.1) is 0 Å². The first-order valence-corrected chi connectivity index (χ1v) is 7.64. The van der Waals surface area contributed by atoms with Crippen LogP contribution in [0.15, 0.2) is 0 Å². The van der Waals surface area contributed by atoms with Gasteiger partial charge >= 0.3 is 0 Å². The Morgan fingerprint density at radius 2 is 1.75 bits per heavy atom. The molecule has 0 spiro atoms. The first-order chi connectivity index (χ1) is 7.22. The van der Waals surface area contributed by atoms with E-state index in [1.54, 1.807) is 0 Å². The second-order valence-corrected chi connectivity index (χ2v) is 7.04. The molecule has 5 heteroatoms. The maximum atomic E-state index is 11.9. The van der Waals surface area contributed by atoms with Gasteiger partial charge in [0.1, 0.15) is 15.6 Å². The minimum atomic E-state index is -3.06. The molecule has 0 aromatic heterocycles. The fraction of sp³-hybridized carbons (Fsp3) is 0.909. The molecule has 4 atom stereocenters. The Labute approximate surface area is 97.3 Å². The normalized spacial score (nSPS) is 35.2. The van der Waals surface area contributed by atoms with Crippen LogP contribution in [0.25, 0.3) is 0 Å². The zero-order valence-corrected chi connectivity index (χ0v) is 11.1. The van der Waals surface area contributed by atoms with Gasteiger partial charge < -0.3 is 4.74 Å². The molecule has 0 amide bonds. The van der Waals surface area contributed by atoms with E-state index >= 15 is 0 Å². The predicted molar refractivity (Wildman–Crippen MR) is 62.0 cm³/mol. The number of sulfone groups is 1. The largest absolute Gasteiger partial charge is 0.375 e. The molecule has 0 aromatic carbocycles. The predicted octanol–water partition coefficient (Wildman–Crippen LogP) is 1.05. The van der Waals surface area contributed by atoms with Crippen LogP contribution in [0.2, 0.25) is 0 Å². The first-order valence-electron chi connectivity index (χ1n) is 5.58. The molecule has 1 fully saturated rings. The third-order valence-corrected chi connectivity index (χ3v) is 4.28. The maximum absolute atomic E-state index is 11.9. The van der Waals surface area contributed by atoms with E-state index in [-0.39, 0.29) is 42.0 Å². The first kappa shape index (κ1) is 13.6. The highest BCUT2D eigenvalue weighted by Crippen LogP contribution is 2.33. The number of rotatable bonds is 4. The van der Waals surface area contributed by atoms with Gasteiger partial charge in [0.05, 0.1) is 18.0 Å². The van der Waals surface area contributed by atoms with E-state index in [1.165, 1.54) is 0 Å². The van der Waals surface area contributed by atoms with E-state index in [2.05, 4.69) is 0 Å². The summed E-state index contributed by atoms with van der Waals surface area (Å²) in [6.45, 7) is 5.81. The second kappa shape index (κ2) is 4.84. The summed E-state index contributed by atoms with van der Waals surface area (Å²) in [5, 5.41) is 0. The molecule has 0 bridgehead atoms. The topological polar surface area (TPSA) is 60.4 Å². The second-order valence-electron chi connectivity index (χ2n) is 4.78. The summed E-state index contributed by atoms with van der Waals surface area (Å²) in [7, 11) is -3.06. The Bertz CT molecular complexity index is 360. The van der Waals surface area contributed by atoms with E-state index in [0.717, 1.165) is 6.26 Å². The molecule has 1 aliphatic rings. The van der Waals surface area contributed by atoms with Crippen LogP contribution < -0.4 is 0 Å². The molecule has 0 saturated carbocycles. The highest BCUT2D eigenvalue weighted by atomic mass is 32.2. The van der Waals surface area contributed by atoms with E-state index in [4.69, 9.17) is 4.74 Å². The summed E-state index contributed by atoms with van der Waals surface area (Å²) in [5.74, 6) is -0.0375. The molecule has 1 aliphatic heterocycles. The molecule has 1 heterocycles. The number of hydrogen-bond acceptors (Lipinski definition) is 4. The number of Topliss-reactive ketones (excluding diaryl/α,β-unsaturated/α-hetero) is 1. The van der Waals surface area contributed by atoms with Crippen LogP contribution >= 0.6 is 0 Å². The van der Waals surface area contributed by atoms with Crippen molar-refractivity contribution in [1.82, 2.24) is 0 Å². The smallest absolute Gasteiger partial charge is 0.147 e. The van der Waals surface area contributed by atoms with E-state index in [0.29, 0.717) is 0 Å². The lowest BCUT2D eigenvalue weighted by atomic mass is 9.85. The van der Waals surface area contributed by atoms with Crippen molar-refractivity contribution in [3.8, 4) is 0 Å². The Balaban J connectivity index is 2.61. The minimum absolute atomic E-state index is 0.00905. The van der Waals surface area contributed by atoms with Crippen LogP contribution in [-0.2, 0) is 19.4 Å². The fourth-order valence-corrected chi connectivity index (χ4v) is 2.85. The maximum Gasteiger partial charge on any atom is 0.147 e. The van der Waals surface area contributed by atoms with E-state index in [1.807, 2.05) is 20.8 Å². The van der Waals surface area contributed by atoms with Crippen LogP contribution in [0.3, 0.4) is 0 Å². The zero-order chi connectivity index (χ0) is 12.5. The van der Waals surface area contributed by atoms with Crippen LogP contribution in [0.5, 0.6) is 0 Å². The van der Waals surface area contributed by atoms with Crippen molar-refractivity contribution in [1.29, 1.82) is 0 Å². The number of hydrogen-bond donors (Lipinski definition) is 0. The number of ether oxygens (including phenoxy) is 1. The van der Waals surface area contributed by atoms with Crippen molar-refractivity contribution in [3.05, 3.63) is 0 Å². The standard InChI is InChI=1S/C11H20O4S/c1-7-8(2)15-9(3)11(7)10(12)5-6-16(4,13)14/h7-9,11H,5-6H2,1-4H3. The molecule has 4 unspecified atom stereocenters. The van der Waals surface area contributed by atoms with Gasteiger partial charge in [-0.25, -0.2) is 8.42 Å². The van der Waals surface area contributed by atoms with Gasteiger partial charge in [0, 0.05) is 18.6 Å². The summed E-state index contributed by atoms with van der Waals surface area (Å²) in [6.07, 6.45) is 1.23. The van der Waals surface area contributed by atoms with Gasteiger partial charge in [-0.3, -0.25) is 4.79 Å². The third kappa shape index (κ3) is 3.28. The summed E-state index contributed by atoms with van der Waals surface area (Å²) >= 11 is 0. The number of ketones is 1. The molecule has 16 heavy (non-hydrogen) atoms. The van der Waals surface area contributed by atoms with Crippen LogP contribution in [0.1, 0.15) is 27.2 Å². The van der Waals surface area contributed by atoms with Crippen molar-refractivity contribution in [2.45, 2.75) is 39.4 Å². The molecule has 1 saturated heterocycles. The lowest BCUT2D eigenvalue weighted by Gasteiger charge is -2.16. The fourth-order valence-electron chi connectivity index (χ4n) is 2.27. The molecule has 0 aliphatic carbocycles. The molecular weight excluding hydrogens is 228 g/mol. The van der Waals surface area contributed by atoms with Crippen molar-refractivity contribution >= 4 is 15.6 Å². The number of carbonyl (C=O) groups is 1. The summed E-state index contributed by atoms with van der Waals surface area (Å²) in [5.41, 5.74) is 0. The summed E-state index contributed by atoms with van der Waals surface area (Å²) < 4.78 is 27.6. The number of carbonyl (C=O) groups excluding carboxylic acids is 1. The molecule has 0 N–H and O–H groups in total. The highest BCUT2D eigenvalue weighted by Gasteiger charge is 2.40. The van der Waals surface area contributed by atoms with Gasteiger partial charge in [-0.05, 0) is 19.8 Å². The zero-order valence-electron chi connectivity index (χ0n) is 10.3. The highest BCUT2D eigenvalue weighted by molar-refractivity contribution is 7.90. The quantitative estimate of drug-likeness (QED) is 0.746. The van der Waals surface area contributed by atoms with Crippen molar-refractivity contribution in [2.75, 3.05) is 12.0 Å². The average Bonchev–Trinajstić information content (AvgIpc) is 2.36. The molecule has 4 nitrogen and oxygen atoms in total. The van der Waals surface area contributed by atoms with E-state index < -0.39 is 9.84 Å². The summed E-state index contributed by atoms with van der Waals surface area (Å²) in [4.78, 5) is 11.9. The van der Waals surface area contributed by atoms with Crippen molar-refractivity contribution < 1.29 is 17.9 Å². The van der Waals surface area contributed by atoms with Crippen molar-refractivity contribution in [3.63, 3.8) is 0 Å². The molecule has 1 rings (SSSR count). The Morgan fingerprint density at radius 1 is 1.19 bits per heavy atom. The Kier molecular flexibility index (Phi) is 4.12. The van der Waals surface area contributed by atoms with Crippen LogP contribution in [-0.4, -0.2) is 38.4 Å². The van der Waals surface area contributed by atoms with Gasteiger partial charge in [0.2, 0.25) is 0 Å². The SMILES string of the molecule is CC1OC(C)C(C(=O)CCS(C)(=O)=O)C1C. The monoisotopic (exact) mass is 248 g/mol. The Morgan fingerprint density at radius 3 is 2.12 bits per heavy atom. The molecule has 94 valence electrons. The minimum Gasteiger partial charge on any atom is -0.375 e. The van der Waals surface area contributed by atoms with Gasteiger partial charge in [0.15, 0.2) is 0 Å². The third-order valence-electron chi connectivity index (χ3n) is 3.33. The lowest BCUT2D eigenvalue weighted by Crippen LogP contribution is -2.28.